The average molecular weight is 535 g/mol. The van der Waals surface area contributed by atoms with Gasteiger partial charge >= 0.3 is 0 Å². The monoisotopic (exact) mass is 534 g/mol. The van der Waals surface area contributed by atoms with Gasteiger partial charge in [0.15, 0.2) is 0 Å². The van der Waals surface area contributed by atoms with Crippen molar-refractivity contribution in [3.63, 3.8) is 0 Å². The molecule has 41 heavy (non-hydrogen) atoms. The number of anilines is 1. The number of pyridine rings is 1. The van der Waals surface area contributed by atoms with Gasteiger partial charge in [0, 0.05) is 63.9 Å². The number of hydrogen-bond donors (Lipinski definition) is 2. The Balaban J connectivity index is 1.22. The van der Waals surface area contributed by atoms with Gasteiger partial charge in [0.05, 0.1) is 23.3 Å². The van der Waals surface area contributed by atoms with Gasteiger partial charge in [-0.1, -0.05) is 12.1 Å². The molecule has 0 amide bonds. The van der Waals surface area contributed by atoms with E-state index in [1.807, 2.05) is 30.3 Å². The Morgan fingerprint density at radius 1 is 0.634 bits per heavy atom. The maximum Gasteiger partial charge on any atom is 0.109 e. The van der Waals surface area contributed by atoms with Crippen molar-refractivity contribution in [3.8, 4) is 0 Å². The molecule has 3 aliphatic heterocycles. The predicted octanol–water partition coefficient (Wildman–Crippen LogP) is 7.34. The lowest BCUT2D eigenvalue weighted by Gasteiger charge is -2.21. The summed E-state index contributed by atoms with van der Waals surface area (Å²) >= 11 is 0. The highest BCUT2D eigenvalue weighted by Gasteiger charge is 2.30. The van der Waals surface area contributed by atoms with Crippen LogP contribution >= 0.6 is 0 Å². The Morgan fingerprint density at radius 2 is 1.27 bits per heavy atom. The van der Waals surface area contributed by atoms with Crippen LogP contribution in [0.15, 0.2) is 108 Å². The Hall–Kier alpha value is -5.37. The van der Waals surface area contributed by atoms with Gasteiger partial charge in [-0.2, -0.15) is 0 Å². The second kappa shape index (κ2) is 9.67. The molecule has 0 atom stereocenters. The SMILES string of the molecule is c1cncc(N=Nc2ccccc2N2CC3=C(C2)c2cc4ccc(cc5nc(cc6ccc(cc3n2)[nH]6)CC5)[nH]4)c1. The number of hydrogen-bond acceptors (Lipinski definition) is 6. The highest BCUT2D eigenvalue weighted by atomic mass is 15.2. The summed E-state index contributed by atoms with van der Waals surface area (Å²) in [5.41, 5.74) is 13.4. The van der Waals surface area contributed by atoms with Crippen LogP contribution in [0, 0.1) is 0 Å². The third-order valence-electron chi connectivity index (χ3n) is 7.68. The first-order chi connectivity index (χ1) is 20.2. The maximum atomic E-state index is 5.12. The van der Waals surface area contributed by atoms with E-state index in [0.29, 0.717) is 0 Å². The van der Waals surface area contributed by atoms with Gasteiger partial charge in [0.25, 0.3) is 0 Å². The van der Waals surface area contributed by atoms with Crippen LogP contribution in [0.2, 0.25) is 0 Å². The Bertz CT molecular complexity index is 1920. The molecule has 5 aromatic rings. The number of benzene rings is 1. The van der Waals surface area contributed by atoms with Gasteiger partial charge in [-0.05, 0) is 85.6 Å². The van der Waals surface area contributed by atoms with E-state index in [2.05, 4.69) is 84.7 Å². The summed E-state index contributed by atoms with van der Waals surface area (Å²) in [6.45, 7) is 1.47. The molecule has 0 spiro atoms. The van der Waals surface area contributed by atoms with Crippen molar-refractivity contribution in [3.05, 3.63) is 120 Å². The van der Waals surface area contributed by atoms with Crippen molar-refractivity contribution in [1.82, 2.24) is 24.9 Å². The van der Waals surface area contributed by atoms with Gasteiger partial charge in [-0.15, -0.1) is 10.2 Å². The topological polar surface area (TPSA) is 98.2 Å². The number of rotatable bonds is 3. The summed E-state index contributed by atoms with van der Waals surface area (Å²) in [4.78, 5) is 23.5. The van der Waals surface area contributed by atoms with Crippen molar-refractivity contribution in [2.75, 3.05) is 18.0 Å². The number of azo groups is 1. The first-order valence-electron chi connectivity index (χ1n) is 13.8. The zero-order chi connectivity index (χ0) is 27.2. The third kappa shape index (κ3) is 4.59. The molecule has 0 saturated heterocycles. The molecule has 0 unspecified atom stereocenters. The maximum absolute atomic E-state index is 5.12. The van der Waals surface area contributed by atoms with Crippen LogP contribution in [0.25, 0.3) is 33.2 Å². The number of fused-ring (bicyclic) bond motifs is 10. The van der Waals surface area contributed by atoms with Crippen molar-refractivity contribution >= 4 is 50.3 Å². The molecule has 2 N–H and O–H groups in total. The zero-order valence-corrected chi connectivity index (χ0v) is 22.2. The molecular weight excluding hydrogens is 508 g/mol. The number of para-hydroxylation sites is 1. The van der Waals surface area contributed by atoms with Crippen molar-refractivity contribution < 1.29 is 0 Å². The zero-order valence-electron chi connectivity index (χ0n) is 22.2. The molecule has 0 fully saturated rings. The Labute approximate surface area is 236 Å². The predicted molar refractivity (Wildman–Crippen MR) is 162 cm³/mol. The largest absolute Gasteiger partial charge is 0.361 e. The molecule has 0 saturated carbocycles. The first-order valence-corrected chi connectivity index (χ1v) is 13.8. The van der Waals surface area contributed by atoms with E-state index in [1.165, 1.54) is 11.1 Å². The first kappa shape index (κ1) is 23.5. The number of nitrogens with one attached hydrogen (secondary N) is 2. The van der Waals surface area contributed by atoms with E-state index in [0.717, 1.165) is 87.8 Å². The lowest BCUT2D eigenvalue weighted by molar-refractivity contribution is 0.996. The lowest BCUT2D eigenvalue weighted by Crippen LogP contribution is -2.21. The lowest BCUT2D eigenvalue weighted by atomic mass is 10.1. The highest BCUT2D eigenvalue weighted by Crippen LogP contribution is 2.41. The summed E-state index contributed by atoms with van der Waals surface area (Å²) in [5, 5.41) is 9.01. The van der Waals surface area contributed by atoms with Gasteiger partial charge in [-0.25, -0.2) is 4.98 Å². The van der Waals surface area contributed by atoms with E-state index in [9.17, 15) is 0 Å². The van der Waals surface area contributed by atoms with Crippen LogP contribution in [-0.4, -0.2) is 38.0 Å². The second-order valence-corrected chi connectivity index (χ2v) is 10.5. The van der Waals surface area contributed by atoms with Crippen LogP contribution in [-0.2, 0) is 12.8 Å². The molecule has 0 radical (unpaired) electrons. The molecule has 7 heterocycles. The number of H-pyrrole nitrogens is 2. The molecule has 0 aliphatic carbocycles. The Kier molecular flexibility index (Phi) is 5.55. The molecule has 3 aliphatic rings. The van der Waals surface area contributed by atoms with E-state index in [4.69, 9.17) is 9.97 Å². The fraction of sp³-hybridized carbons (Fsp3) is 0.121. The Morgan fingerprint density at radius 3 is 1.90 bits per heavy atom. The minimum absolute atomic E-state index is 0.724. The molecule has 8 heteroatoms. The van der Waals surface area contributed by atoms with Crippen LogP contribution in [0.1, 0.15) is 22.8 Å². The molecular formula is C33H26N8. The standard InChI is InChI=1S/C33H26N8/c1-2-6-33(30(5-1)40-39-27-4-3-13-34-18-27)41-19-28-29(20-41)32-17-26-12-10-24(37-26)15-22-8-7-21(35-22)14-23-9-11-25(36-23)16-31(28)38-32/h1-6,9-18,36-37H,7-8,19-20H2. The molecule has 4 aromatic heterocycles. The van der Waals surface area contributed by atoms with Crippen LogP contribution in [0.4, 0.5) is 17.1 Å². The fourth-order valence-electron chi connectivity index (χ4n) is 5.72. The summed E-state index contributed by atoms with van der Waals surface area (Å²) in [5.74, 6) is 0. The minimum atomic E-state index is 0.724. The summed E-state index contributed by atoms with van der Waals surface area (Å²) in [6.07, 6.45) is 5.34. The number of aromatic amines is 2. The average Bonchev–Trinajstić information content (AvgIpc) is 3.82. The van der Waals surface area contributed by atoms with E-state index in [1.54, 1.807) is 12.4 Å². The molecule has 198 valence electrons. The van der Waals surface area contributed by atoms with Crippen molar-refractivity contribution in [1.29, 1.82) is 0 Å². The van der Waals surface area contributed by atoms with E-state index >= 15 is 0 Å². The van der Waals surface area contributed by atoms with Crippen LogP contribution in [0.3, 0.4) is 0 Å². The molecule has 1 aromatic carbocycles. The normalized spacial score (nSPS) is 14.7. The van der Waals surface area contributed by atoms with Gasteiger partial charge in [0.2, 0.25) is 0 Å². The van der Waals surface area contributed by atoms with E-state index in [-0.39, 0.29) is 0 Å². The van der Waals surface area contributed by atoms with Crippen LogP contribution in [0.5, 0.6) is 0 Å². The summed E-state index contributed by atoms with van der Waals surface area (Å²) < 4.78 is 0. The molecule has 8 rings (SSSR count). The van der Waals surface area contributed by atoms with E-state index < -0.39 is 0 Å². The minimum Gasteiger partial charge on any atom is -0.361 e. The smallest absolute Gasteiger partial charge is 0.109 e. The quantitative estimate of drug-likeness (QED) is 0.237. The molecule has 8 bridgehead atoms. The summed E-state index contributed by atoms with van der Waals surface area (Å²) in [6, 6.07) is 28.9. The second-order valence-electron chi connectivity index (χ2n) is 10.5. The number of aryl methyl sites for hydroxylation is 2. The summed E-state index contributed by atoms with van der Waals surface area (Å²) in [7, 11) is 0. The number of nitrogens with zero attached hydrogens (tertiary/aromatic N) is 6. The van der Waals surface area contributed by atoms with Gasteiger partial charge in [0.1, 0.15) is 11.4 Å². The highest BCUT2D eigenvalue weighted by molar-refractivity contribution is 6.00. The third-order valence-corrected chi connectivity index (χ3v) is 7.68. The van der Waals surface area contributed by atoms with Crippen LogP contribution < -0.4 is 4.90 Å². The van der Waals surface area contributed by atoms with Crippen molar-refractivity contribution in [2.45, 2.75) is 12.8 Å². The van der Waals surface area contributed by atoms with Crippen molar-refractivity contribution in [2.24, 2.45) is 10.2 Å². The molecule has 8 nitrogen and oxygen atoms in total. The van der Waals surface area contributed by atoms with Gasteiger partial charge < -0.3 is 14.9 Å². The fourth-order valence-corrected chi connectivity index (χ4v) is 5.72. The van der Waals surface area contributed by atoms with Gasteiger partial charge in [-0.3, -0.25) is 9.97 Å². The number of aromatic nitrogens is 5.